The van der Waals surface area contributed by atoms with Gasteiger partial charge in [-0.25, -0.2) is 0 Å². The molecular formula is C17H25N3O5. The van der Waals surface area contributed by atoms with Crippen LogP contribution in [0.5, 0.6) is 0 Å². The van der Waals surface area contributed by atoms with Crippen LogP contribution in [0.15, 0.2) is 18.2 Å². The fourth-order valence-electron chi connectivity index (χ4n) is 2.77. The zero-order valence-electron chi connectivity index (χ0n) is 14.7. The van der Waals surface area contributed by atoms with Crippen LogP contribution in [0.2, 0.25) is 0 Å². The molecule has 0 radical (unpaired) electrons. The van der Waals surface area contributed by atoms with Gasteiger partial charge in [-0.15, -0.1) is 0 Å². The molecule has 2 rings (SSSR count). The number of nitro groups is 1. The van der Waals surface area contributed by atoms with Crippen molar-refractivity contribution in [2.45, 2.75) is 25.4 Å². The van der Waals surface area contributed by atoms with Crippen LogP contribution < -0.4 is 5.32 Å². The number of nitrogens with zero attached hydrogens (tertiary/aromatic N) is 2. The molecule has 138 valence electrons. The monoisotopic (exact) mass is 351 g/mol. The van der Waals surface area contributed by atoms with Gasteiger partial charge >= 0.3 is 0 Å². The summed E-state index contributed by atoms with van der Waals surface area (Å²) in [7, 11) is 3.57. The second-order valence-corrected chi connectivity index (χ2v) is 6.20. The summed E-state index contributed by atoms with van der Waals surface area (Å²) in [6.07, 6.45) is 1.44. The number of likely N-dealkylation sites (N-methyl/N-ethyl adjacent to an activating group) is 1. The fourth-order valence-corrected chi connectivity index (χ4v) is 2.77. The molecule has 0 atom stereocenters. The van der Waals surface area contributed by atoms with Gasteiger partial charge in [-0.05, 0) is 31.5 Å². The van der Waals surface area contributed by atoms with E-state index in [9.17, 15) is 14.9 Å². The van der Waals surface area contributed by atoms with Crippen molar-refractivity contribution in [3.8, 4) is 0 Å². The molecule has 0 bridgehead atoms. The SMILES string of the molecule is COCCN(C)Cc1ccc([N+](=O)[O-])c(C(=O)NC2CCOCC2)c1. The number of carbonyl (C=O) groups excluding carboxylic acids is 1. The fraction of sp³-hybridized carbons (Fsp3) is 0.588. The van der Waals surface area contributed by atoms with E-state index in [1.807, 2.05) is 11.9 Å². The van der Waals surface area contributed by atoms with Crippen molar-refractivity contribution >= 4 is 11.6 Å². The Bertz CT molecular complexity index is 602. The third-order valence-corrected chi connectivity index (χ3v) is 4.19. The predicted octanol–water partition coefficient (Wildman–Crippen LogP) is 1.58. The van der Waals surface area contributed by atoms with E-state index >= 15 is 0 Å². The van der Waals surface area contributed by atoms with E-state index in [1.165, 1.54) is 6.07 Å². The molecule has 1 N–H and O–H groups in total. The maximum Gasteiger partial charge on any atom is 0.282 e. The Morgan fingerprint density at radius 3 is 2.80 bits per heavy atom. The smallest absolute Gasteiger partial charge is 0.282 e. The molecule has 1 aliphatic heterocycles. The molecule has 0 unspecified atom stereocenters. The highest BCUT2D eigenvalue weighted by Gasteiger charge is 2.24. The molecule has 1 saturated heterocycles. The van der Waals surface area contributed by atoms with Crippen LogP contribution in [-0.4, -0.2) is 62.3 Å². The molecule has 1 heterocycles. The zero-order chi connectivity index (χ0) is 18.2. The van der Waals surface area contributed by atoms with Crippen LogP contribution in [-0.2, 0) is 16.0 Å². The summed E-state index contributed by atoms with van der Waals surface area (Å²) in [5.74, 6) is -0.403. The van der Waals surface area contributed by atoms with E-state index < -0.39 is 10.8 Å². The molecule has 8 heteroatoms. The summed E-state index contributed by atoms with van der Waals surface area (Å²) >= 11 is 0. The standard InChI is InChI=1S/C17H25N3O5/c1-19(7-10-24-2)12-13-3-4-16(20(22)23)15(11-13)17(21)18-14-5-8-25-9-6-14/h3-4,11,14H,5-10,12H2,1-2H3,(H,18,21). The summed E-state index contributed by atoms with van der Waals surface area (Å²) < 4.78 is 10.3. The number of methoxy groups -OCH3 is 1. The molecule has 8 nitrogen and oxygen atoms in total. The summed E-state index contributed by atoms with van der Waals surface area (Å²) in [5, 5.41) is 14.2. The molecule has 1 fully saturated rings. The van der Waals surface area contributed by atoms with Crippen LogP contribution in [0.4, 0.5) is 5.69 Å². The molecule has 1 aromatic rings. The number of benzene rings is 1. The predicted molar refractivity (Wildman–Crippen MR) is 92.6 cm³/mol. The van der Waals surface area contributed by atoms with Gasteiger partial charge in [-0.2, -0.15) is 0 Å². The zero-order valence-corrected chi connectivity index (χ0v) is 14.7. The van der Waals surface area contributed by atoms with Gasteiger partial charge in [0.1, 0.15) is 5.56 Å². The van der Waals surface area contributed by atoms with Crippen LogP contribution in [0, 0.1) is 10.1 Å². The molecule has 0 aliphatic carbocycles. The highest BCUT2D eigenvalue weighted by Crippen LogP contribution is 2.21. The first kappa shape index (κ1) is 19.3. The summed E-state index contributed by atoms with van der Waals surface area (Å²) in [5.41, 5.74) is 0.781. The van der Waals surface area contributed by atoms with E-state index in [2.05, 4.69) is 5.32 Å². The highest BCUT2D eigenvalue weighted by molar-refractivity contribution is 5.98. The van der Waals surface area contributed by atoms with Crippen molar-refractivity contribution in [1.29, 1.82) is 0 Å². The van der Waals surface area contributed by atoms with Crippen LogP contribution in [0.1, 0.15) is 28.8 Å². The van der Waals surface area contributed by atoms with E-state index in [0.29, 0.717) is 26.4 Å². The van der Waals surface area contributed by atoms with Crippen molar-refractivity contribution in [2.75, 3.05) is 40.5 Å². The Morgan fingerprint density at radius 2 is 2.16 bits per heavy atom. The van der Waals surface area contributed by atoms with Crippen molar-refractivity contribution < 1.29 is 19.2 Å². The molecule has 0 aromatic heterocycles. The van der Waals surface area contributed by atoms with Crippen LogP contribution >= 0.6 is 0 Å². The van der Waals surface area contributed by atoms with Crippen molar-refractivity contribution in [2.24, 2.45) is 0 Å². The van der Waals surface area contributed by atoms with Crippen molar-refractivity contribution in [3.05, 3.63) is 39.4 Å². The lowest BCUT2D eigenvalue weighted by molar-refractivity contribution is -0.385. The minimum Gasteiger partial charge on any atom is -0.383 e. The molecule has 1 aromatic carbocycles. The molecule has 0 spiro atoms. The number of hydrogen-bond donors (Lipinski definition) is 1. The number of amides is 1. The van der Waals surface area contributed by atoms with Gasteiger partial charge in [0.05, 0.1) is 11.5 Å². The van der Waals surface area contributed by atoms with E-state index in [1.54, 1.807) is 19.2 Å². The number of nitrogens with one attached hydrogen (secondary N) is 1. The molecule has 0 saturated carbocycles. The Kier molecular flexibility index (Phi) is 7.30. The van der Waals surface area contributed by atoms with Crippen molar-refractivity contribution in [3.63, 3.8) is 0 Å². The normalized spacial score (nSPS) is 15.3. The maximum atomic E-state index is 12.6. The molecule has 1 amide bonds. The second kappa shape index (κ2) is 9.45. The van der Waals surface area contributed by atoms with E-state index in [4.69, 9.17) is 9.47 Å². The van der Waals surface area contributed by atoms with Gasteiger partial charge in [0.15, 0.2) is 0 Å². The van der Waals surface area contributed by atoms with Gasteiger partial charge in [0.2, 0.25) is 0 Å². The summed E-state index contributed by atoms with van der Waals surface area (Å²) in [6, 6.07) is 4.69. The van der Waals surface area contributed by atoms with Crippen LogP contribution in [0.3, 0.4) is 0 Å². The van der Waals surface area contributed by atoms with Gasteiger partial charge < -0.3 is 14.8 Å². The Morgan fingerprint density at radius 1 is 1.44 bits per heavy atom. The molecule has 25 heavy (non-hydrogen) atoms. The summed E-state index contributed by atoms with van der Waals surface area (Å²) in [4.78, 5) is 25.3. The number of rotatable bonds is 8. The second-order valence-electron chi connectivity index (χ2n) is 6.20. The summed E-state index contributed by atoms with van der Waals surface area (Å²) in [6.45, 7) is 3.10. The first-order chi connectivity index (χ1) is 12.0. The third-order valence-electron chi connectivity index (χ3n) is 4.19. The minimum atomic E-state index is -0.517. The van der Waals surface area contributed by atoms with E-state index in [0.717, 1.165) is 24.9 Å². The average molecular weight is 351 g/mol. The lowest BCUT2D eigenvalue weighted by Gasteiger charge is -2.23. The first-order valence-corrected chi connectivity index (χ1v) is 8.34. The van der Waals surface area contributed by atoms with E-state index in [-0.39, 0.29) is 17.3 Å². The van der Waals surface area contributed by atoms with Gasteiger partial charge in [0.25, 0.3) is 11.6 Å². The Labute approximate surface area is 147 Å². The number of nitro benzene ring substituents is 1. The van der Waals surface area contributed by atoms with Gasteiger partial charge in [0, 0.05) is 45.5 Å². The Hall–Kier alpha value is -2.03. The minimum absolute atomic E-state index is 0.00566. The lowest BCUT2D eigenvalue weighted by atomic mass is 10.0. The number of carbonyl (C=O) groups is 1. The maximum absolute atomic E-state index is 12.6. The highest BCUT2D eigenvalue weighted by atomic mass is 16.6. The van der Waals surface area contributed by atoms with Gasteiger partial charge in [-0.1, -0.05) is 6.07 Å². The number of ether oxygens (including phenoxy) is 2. The van der Waals surface area contributed by atoms with Gasteiger partial charge in [-0.3, -0.25) is 19.8 Å². The largest absolute Gasteiger partial charge is 0.383 e. The Balaban J connectivity index is 2.13. The topological polar surface area (TPSA) is 93.9 Å². The number of hydrogen-bond acceptors (Lipinski definition) is 6. The third kappa shape index (κ3) is 5.77. The first-order valence-electron chi connectivity index (χ1n) is 8.34. The van der Waals surface area contributed by atoms with Crippen molar-refractivity contribution in [1.82, 2.24) is 10.2 Å². The van der Waals surface area contributed by atoms with Crippen LogP contribution in [0.25, 0.3) is 0 Å². The molecule has 1 aliphatic rings. The molecular weight excluding hydrogens is 326 g/mol. The quantitative estimate of drug-likeness (QED) is 0.564. The average Bonchev–Trinajstić information content (AvgIpc) is 2.60. The lowest BCUT2D eigenvalue weighted by Crippen LogP contribution is -2.39.